The van der Waals surface area contributed by atoms with Gasteiger partial charge in [0.05, 0.1) is 0 Å². The first-order valence-corrected chi connectivity index (χ1v) is 6.96. The van der Waals surface area contributed by atoms with E-state index in [4.69, 9.17) is 0 Å². The van der Waals surface area contributed by atoms with E-state index >= 15 is 0 Å². The van der Waals surface area contributed by atoms with Gasteiger partial charge in [0, 0.05) is 23.4 Å². The molecule has 0 saturated heterocycles. The molecular weight excluding hydrogens is 264 g/mol. The molecule has 1 rings (SSSR count). The van der Waals surface area contributed by atoms with Crippen molar-refractivity contribution in [1.82, 2.24) is 5.32 Å². The summed E-state index contributed by atoms with van der Waals surface area (Å²) < 4.78 is 0. The molecule has 2 N–H and O–H groups in total. The number of allylic oxidation sites excluding steroid dienone is 3. The molecule has 1 aromatic carbocycles. The quantitative estimate of drug-likeness (QED) is 0.645. The highest BCUT2D eigenvalue weighted by atomic mass is 16.2. The van der Waals surface area contributed by atoms with Gasteiger partial charge >= 0.3 is 0 Å². The van der Waals surface area contributed by atoms with Gasteiger partial charge in [0.25, 0.3) is 5.91 Å². The number of amides is 2. The van der Waals surface area contributed by atoms with E-state index in [1.165, 1.54) is 6.08 Å². The second-order valence-electron chi connectivity index (χ2n) is 5.03. The molecule has 0 spiro atoms. The van der Waals surface area contributed by atoms with Crippen LogP contribution in [0, 0.1) is 6.92 Å². The fourth-order valence-electron chi connectivity index (χ4n) is 1.77. The van der Waals surface area contributed by atoms with Crippen LogP contribution in [0.15, 0.2) is 42.5 Å². The lowest BCUT2D eigenvalue weighted by atomic mass is 10.1. The van der Waals surface area contributed by atoms with Crippen LogP contribution in [0.4, 0.5) is 5.69 Å². The molecule has 0 aliphatic rings. The molecule has 1 aromatic rings. The zero-order valence-electron chi connectivity index (χ0n) is 12.9. The van der Waals surface area contributed by atoms with E-state index in [0.29, 0.717) is 11.3 Å². The molecule has 2 amide bonds. The Morgan fingerprint density at radius 2 is 1.90 bits per heavy atom. The molecule has 0 saturated carbocycles. The van der Waals surface area contributed by atoms with Crippen LogP contribution in [-0.4, -0.2) is 17.9 Å². The summed E-state index contributed by atoms with van der Waals surface area (Å²) in [4.78, 5) is 23.6. The third-order valence-electron chi connectivity index (χ3n) is 2.71. The molecule has 4 heteroatoms. The number of anilines is 1. The monoisotopic (exact) mass is 286 g/mol. The first kappa shape index (κ1) is 16.7. The number of hydrogen-bond acceptors (Lipinski definition) is 2. The molecular formula is C17H22N2O2. The molecule has 0 aromatic heterocycles. The van der Waals surface area contributed by atoms with E-state index in [1.54, 1.807) is 30.4 Å². The van der Waals surface area contributed by atoms with Crippen LogP contribution >= 0.6 is 0 Å². The van der Waals surface area contributed by atoms with E-state index in [1.807, 2.05) is 33.8 Å². The molecule has 0 radical (unpaired) electrons. The smallest absolute Gasteiger partial charge is 0.251 e. The standard InChI is InChI=1S/C17H22N2O2/c1-5-6-7-8-16(20)19-14-9-10-15(13(4)11-14)17(21)18-12(2)3/h5-12H,1-4H3,(H,18,21)(H,19,20)/b6-5+,8-7+. The predicted molar refractivity (Wildman–Crippen MR) is 86.4 cm³/mol. The minimum absolute atomic E-state index is 0.0908. The van der Waals surface area contributed by atoms with Crippen LogP contribution in [0.25, 0.3) is 0 Å². The van der Waals surface area contributed by atoms with Crippen molar-refractivity contribution in [2.75, 3.05) is 5.32 Å². The Morgan fingerprint density at radius 3 is 2.48 bits per heavy atom. The SMILES string of the molecule is C/C=C/C=C/C(=O)Nc1ccc(C(=O)NC(C)C)c(C)c1. The van der Waals surface area contributed by atoms with E-state index in [0.717, 1.165) is 5.56 Å². The van der Waals surface area contributed by atoms with Crippen molar-refractivity contribution in [2.45, 2.75) is 33.7 Å². The van der Waals surface area contributed by atoms with Gasteiger partial charge in [0.1, 0.15) is 0 Å². The van der Waals surface area contributed by atoms with Crippen molar-refractivity contribution in [3.63, 3.8) is 0 Å². The Morgan fingerprint density at radius 1 is 1.19 bits per heavy atom. The van der Waals surface area contributed by atoms with Gasteiger partial charge in [-0.25, -0.2) is 0 Å². The topological polar surface area (TPSA) is 58.2 Å². The number of rotatable bonds is 5. The van der Waals surface area contributed by atoms with Crippen LogP contribution in [0.5, 0.6) is 0 Å². The lowest BCUT2D eigenvalue weighted by Gasteiger charge is -2.11. The summed E-state index contributed by atoms with van der Waals surface area (Å²) in [6.07, 6.45) is 6.75. The van der Waals surface area contributed by atoms with Gasteiger partial charge in [-0.05, 0) is 51.5 Å². The minimum Gasteiger partial charge on any atom is -0.350 e. The summed E-state index contributed by atoms with van der Waals surface area (Å²) in [6, 6.07) is 5.33. The number of carbonyl (C=O) groups excluding carboxylic acids is 2. The highest BCUT2D eigenvalue weighted by Gasteiger charge is 2.10. The third kappa shape index (κ3) is 5.65. The Labute approximate surface area is 125 Å². The highest BCUT2D eigenvalue weighted by molar-refractivity contribution is 6.00. The molecule has 0 aliphatic carbocycles. The second-order valence-corrected chi connectivity index (χ2v) is 5.03. The van der Waals surface area contributed by atoms with Crippen LogP contribution in [0.1, 0.15) is 36.7 Å². The number of benzene rings is 1. The fraction of sp³-hybridized carbons (Fsp3) is 0.294. The maximum atomic E-state index is 12.0. The molecule has 112 valence electrons. The largest absolute Gasteiger partial charge is 0.350 e. The van der Waals surface area contributed by atoms with E-state index in [2.05, 4.69) is 10.6 Å². The van der Waals surface area contributed by atoms with Gasteiger partial charge in [0.15, 0.2) is 0 Å². The summed E-state index contributed by atoms with van der Waals surface area (Å²) in [7, 11) is 0. The second kappa shape index (κ2) is 8.04. The maximum absolute atomic E-state index is 12.0. The summed E-state index contributed by atoms with van der Waals surface area (Å²) in [5, 5.41) is 5.61. The van der Waals surface area contributed by atoms with Gasteiger partial charge in [0.2, 0.25) is 5.91 Å². The maximum Gasteiger partial charge on any atom is 0.251 e. The zero-order chi connectivity index (χ0) is 15.8. The number of carbonyl (C=O) groups is 2. The average molecular weight is 286 g/mol. The number of aryl methyl sites for hydroxylation is 1. The Bertz CT molecular complexity index is 572. The van der Waals surface area contributed by atoms with Crippen LogP contribution < -0.4 is 10.6 Å². The first-order valence-electron chi connectivity index (χ1n) is 6.96. The molecule has 0 heterocycles. The molecule has 0 unspecified atom stereocenters. The number of nitrogens with one attached hydrogen (secondary N) is 2. The van der Waals surface area contributed by atoms with Crippen molar-refractivity contribution in [3.8, 4) is 0 Å². The average Bonchev–Trinajstić information content (AvgIpc) is 2.38. The van der Waals surface area contributed by atoms with Crippen molar-refractivity contribution in [3.05, 3.63) is 53.6 Å². The Kier molecular flexibility index (Phi) is 6.40. The van der Waals surface area contributed by atoms with Gasteiger partial charge in [-0.15, -0.1) is 0 Å². The van der Waals surface area contributed by atoms with Crippen molar-refractivity contribution in [1.29, 1.82) is 0 Å². The summed E-state index contributed by atoms with van der Waals surface area (Å²) in [5.74, 6) is -0.305. The van der Waals surface area contributed by atoms with Crippen molar-refractivity contribution < 1.29 is 9.59 Å². The van der Waals surface area contributed by atoms with Gasteiger partial charge in [-0.2, -0.15) is 0 Å². The summed E-state index contributed by atoms with van der Waals surface area (Å²) >= 11 is 0. The van der Waals surface area contributed by atoms with Crippen LogP contribution in [0.2, 0.25) is 0 Å². The molecule has 0 bridgehead atoms. The summed E-state index contributed by atoms with van der Waals surface area (Å²) in [5.41, 5.74) is 2.11. The van der Waals surface area contributed by atoms with E-state index < -0.39 is 0 Å². The van der Waals surface area contributed by atoms with Crippen molar-refractivity contribution >= 4 is 17.5 Å². The van der Waals surface area contributed by atoms with Gasteiger partial charge in [-0.3, -0.25) is 9.59 Å². The molecule has 0 fully saturated rings. The van der Waals surface area contributed by atoms with E-state index in [-0.39, 0.29) is 17.9 Å². The highest BCUT2D eigenvalue weighted by Crippen LogP contribution is 2.15. The lowest BCUT2D eigenvalue weighted by molar-refractivity contribution is -0.111. The fourth-order valence-corrected chi connectivity index (χ4v) is 1.77. The molecule has 0 aliphatic heterocycles. The first-order chi connectivity index (χ1) is 9.93. The Hall–Kier alpha value is -2.36. The predicted octanol–water partition coefficient (Wildman–Crippen LogP) is 3.20. The normalized spacial score (nSPS) is 11.3. The minimum atomic E-state index is -0.202. The molecule has 21 heavy (non-hydrogen) atoms. The summed E-state index contributed by atoms with van der Waals surface area (Å²) in [6.45, 7) is 7.56. The van der Waals surface area contributed by atoms with Gasteiger partial charge < -0.3 is 10.6 Å². The number of hydrogen-bond donors (Lipinski definition) is 2. The zero-order valence-corrected chi connectivity index (χ0v) is 12.9. The Balaban J connectivity index is 2.78. The molecule has 0 atom stereocenters. The third-order valence-corrected chi connectivity index (χ3v) is 2.71. The van der Waals surface area contributed by atoms with Crippen LogP contribution in [-0.2, 0) is 4.79 Å². The van der Waals surface area contributed by atoms with Crippen LogP contribution in [0.3, 0.4) is 0 Å². The molecule has 4 nitrogen and oxygen atoms in total. The van der Waals surface area contributed by atoms with Gasteiger partial charge in [-0.1, -0.05) is 18.2 Å². The van der Waals surface area contributed by atoms with Crippen molar-refractivity contribution in [2.24, 2.45) is 0 Å². The lowest BCUT2D eigenvalue weighted by Crippen LogP contribution is -2.30. The van der Waals surface area contributed by atoms with E-state index in [9.17, 15) is 9.59 Å².